The van der Waals surface area contributed by atoms with E-state index in [-0.39, 0.29) is 25.1 Å². The second-order valence-electron chi connectivity index (χ2n) is 10.4. The highest BCUT2D eigenvalue weighted by Gasteiger charge is 2.49. The molecule has 1 aliphatic rings. The molecule has 0 radical (unpaired) electrons. The van der Waals surface area contributed by atoms with Crippen molar-refractivity contribution in [1.82, 2.24) is 19.1 Å². The van der Waals surface area contributed by atoms with Gasteiger partial charge in [-0.3, -0.25) is 18.9 Å². The quantitative estimate of drug-likeness (QED) is 0.186. The molecule has 238 valence electrons. The molecule has 1 fully saturated rings. The summed E-state index contributed by atoms with van der Waals surface area (Å²) < 4.78 is 51.8. The van der Waals surface area contributed by atoms with Crippen LogP contribution in [0.25, 0.3) is 0 Å². The highest BCUT2D eigenvalue weighted by molar-refractivity contribution is 7.57. The Morgan fingerprint density at radius 1 is 1.17 bits per heavy atom. The van der Waals surface area contributed by atoms with Crippen LogP contribution in [-0.4, -0.2) is 97.6 Å². The molecule has 1 aliphatic heterocycles. The number of nitriles is 1. The Morgan fingerprint density at radius 2 is 1.83 bits per heavy atom. The van der Waals surface area contributed by atoms with Crippen LogP contribution >= 0.6 is 16.1 Å². The summed E-state index contributed by atoms with van der Waals surface area (Å²) in [5.74, 6) is 1.27. The molecule has 0 amide bonds. The van der Waals surface area contributed by atoms with Crippen LogP contribution in [-0.2, 0) is 32.1 Å². The van der Waals surface area contributed by atoms with Gasteiger partial charge in [-0.2, -0.15) is 5.26 Å². The molecule has 1 unspecified atom stereocenters. The molecule has 1 aromatic heterocycles. The predicted octanol–water partition coefficient (Wildman–Crippen LogP) is 3.43. The van der Waals surface area contributed by atoms with Gasteiger partial charge in [0.05, 0.1) is 19.1 Å². The van der Waals surface area contributed by atoms with E-state index in [2.05, 4.69) is 15.7 Å². The fourth-order valence-corrected chi connectivity index (χ4v) is 6.88. The van der Waals surface area contributed by atoms with Crippen molar-refractivity contribution in [2.45, 2.75) is 77.2 Å². The molecule has 0 bridgehead atoms. The number of rotatable bonds is 18. The van der Waals surface area contributed by atoms with Gasteiger partial charge in [0.25, 0.3) is 14.1 Å². The SMILES string of the molecule is COP(=O)(/C=C/[C@H]1O[C@@H](n2ccc(=O)[nH]c2=O)[C@H](OCCCN(C)C)[C@@H]1OP(OCCC#N)N(C(C)C)C(C)C)OC. The summed E-state index contributed by atoms with van der Waals surface area (Å²) >= 11 is 0. The van der Waals surface area contributed by atoms with E-state index < -0.39 is 51.9 Å². The van der Waals surface area contributed by atoms with Crippen LogP contribution < -0.4 is 11.2 Å². The normalized spacial score (nSPS) is 22.2. The van der Waals surface area contributed by atoms with Crippen molar-refractivity contribution in [2.75, 3.05) is 48.1 Å². The summed E-state index contributed by atoms with van der Waals surface area (Å²) in [5, 5.41) is 9.13. The lowest BCUT2D eigenvalue weighted by Gasteiger charge is -2.38. The Bertz CT molecular complexity index is 1180. The third-order valence-corrected chi connectivity index (χ3v) is 9.94. The fraction of sp³-hybridized carbons (Fsp3) is 0.731. The Morgan fingerprint density at radius 3 is 2.38 bits per heavy atom. The van der Waals surface area contributed by atoms with Crippen LogP contribution in [0.15, 0.2) is 33.7 Å². The Labute approximate surface area is 249 Å². The maximum absolute atomic E-state index is 12.9. The fourth-order valence-electron chi connectivity index (χ4n) is 4.35. The number of nitrogens with one attached hydrogen (secondary N) is 1. The molecule has 2 rings (SSSR count). The first-order valence-corrected chi connectivity index (χ1v) is 16.5. The van der Waals surface area contributed by atoms with Gasteiger partial charge in [0.15, 0.2) is 6.23 Å². The van der Waals surface area contributed by atoms with Crippen molar-refractivity contribution in [3.8, 4) is 6.07 Å². The smallest absolute Gasteiger partial charge is 0.353 e. The highest BCUT2D eigenvalue weighted by atomic mass is 31.2. The first-order chi connectivity index (χ1) is 19.9. The summed E-state index contributed by atoms with van der Waals surface area (Å²) in [7, 11) is 1.11. The minimum absolute atomic E-state index is 0.0220. The van der Waals surface area contributed by atoms with Crippen molar-refractivity contribution in [1.29, 1.82) is 5.26 Å². The lowest BCUT2D eigenvalue weighted by molar-refractivity contribution is -0.0680. The Balaban J connectivity index is 2.61. The lowest BCUT2D eigenvalue weighted by atomic mass is 10.1. The van der Waals surface area contributed by atoms with E-state index in [1.807, 2.05) is 46.7 Å². The van der Waals surface area contributed by atoms with Crippen LogP contribution in [0, 0.1) is 11.3 Å². The average molecular weight is 634 g/mol. The average Bonchev–Trinajstić information content (AvgIpc) is 3.25. The largest absolute Gasteiger partial charge is 0.371 e. The maximum atomic E-state index is 12.9. The van der Waals surface area contributed by atoms with Crippen LogP contribution in [0.1, 0.15) is 46.8 Å². The molecule has 1 N–H and O–H groups in total. The van der Waals surface area contributed by atoms with Crippen LogP contribution in [0.4, 0.5) is 0 Å². The van der Waals surface area contributed by atoms with E-state index in [1.165, 1.54) is 42.9 Å². The number of hydrogen-bond donors (Lipinski definition) is 1. The zero-order chi connectivity index (χ0) is 31.4. The number of aromatic nitrogens is 2. The number of ether oxygens (including phenoxy) is 2. The van der Waals surface area contributed by atoms with E-state index in [4.69, 9.17) is 32.8 Å². The molecule has 1 saturated heterocycles. The summed E-state index contributed by atoms with van der Waals surface area (Å²) in [6, 6.07) is 3.35. The van der Waals surface area contributed by atoms with E-state index >= 15 is 0 Å². The molecule has 0 spiro atoms. The molecule has 0 aliphatic carbocycles. The van der Waals surface area contributed by atoms with Crippen LogP contribution in [0.3, 0.4) is 0 Å². The zero-order valence-corrected chi connectivity index (χ0v) is 27.5. The first kappa shape index (κ1) is 36.4. The molecule has 42 heavy (non-hydrogen) atoms. The standard InChI is InChI=1S/C26H45N5O9P2/c1-19(2)31(20(3)4)41(38-17-9-13-27)40-23-21(12-18-42(34,35-7)36-8)39-25(24(23)37-16-10-14-29(5)6)30-15-11-22(32)28-26(30)33/h11-12,15,18-21,23-25H,9-10,14,16-17H2,1-8H3,(H,28,32,33)/b18-12+/t21-,23-,24-,25-,41?/m1/s1. The van der Waals surface area contributed by atoms with Gasteiger partial charge in [-0.05, 0) is 60.8 Å². The van der Waals surface area contributed by atoms with Gasteiger partial charge in [-0.25, -0.2) is 9.46 Å². The second kappa shape index (κ2) is 17.5. The predicted molar refractivity (Wildman–Crippen MR) is 159 cm³/mol. The number of aromatic amines is 1. The Hall–Kier alpha value is -1.75. The number of H-pyrrole nitrogens is 1. The van der Waals surface area contributed by atoms with Crippen LogP contribution in [0.2, 0.25) is 0 Å². The van der Waals surface area contributed by atoms with Crippen molar-refractivity contribution in [3.05, 3.63) is 45.0 Å². The molecule has 2 heterocycles. The summed E-state index contributed by atoms with van der Waals surface area (Å²) in [4.78, 5) is 28.9. The van der Waals surface area contributed by atoms with Gasteiger partial charge in [0.1, 0.15) is 18.3 Å². The highest BCUT2D eigenvalue weighted by Crippen LogP contribution is 2.52. The van der Waals surface area contributed by atoms with Crippen molar-refractivity contribution in [3.63, 3.8) is 0 Å². The number of hydrogen-bond acceptors (Lipinski definition) is 12. The van der Waals surface area contributed by atoms with E-state index in [9.17, 15) is 14.2 Å². The van der Waals surface area contributed by atoms with Crippen molar-refractivity contribution >= 4 is 16.1 Å². The minimum atomic E-state index is -3.58. The molecule has 14 nitrogen and oxygen atoms in total. The van der Waals surface area contributed by atoms with E-state index in [0.717, 1.165) is 6.54 Å². The topological polar surface area (TPSA) is 158 Å². The minimum Gasteiger partial charge on any atom is -0.371 e. The summed E-state index contributed by atoms with van der Waals surface area (Å²) in [6.07, 6.45) is 0.0772. The zero-order valence-electron chi connectivity index (χ0n) is 25.7. The lowest BCUT2D eigenvalue weighted by Crippen LogP contribution is -2.41. The third-order valence-electron chi connectivity index (χ3n) is 6.25. The van der Waals surface area contributed by atoms with Gasteiger partial charge in [0, 0.05) is 51.0 Å². The summed E-state index contributed by atoms with van der Waals surface area (Å²) in [5.41, 5.74) is -1.24. The Kier molecular flexibility index (Phi) is 15.2. The van der Waals surface area contributed by atoms with E-state index in [0.29, 0.717) is 13.0 Å². The molecule has 5 atom stereocenters. The molecule has 0 saturated carbocycles. The third kappa shape index (κ3) is 10.5. The van der Waals surface area contributed by atoms with Crippen molar-refractivity contribution < 1.29 is 32.1 Å². The number of nitrogens with zero attached hydrogens (tertiary/aromatic N) is 4. The molecule has 16 heteroatoms. The monoisotopic (exact) mass is 633 g/mol. The van der Waals surface area contributed by atoms with Gasteiger partial charge < -0.3 is 32.5 Å². The molecular formula is C26H45N5O9P2. The van der Waals surface area contributed by atoms with Gasteiger partial charge in [0.2, 0.25) is 0 Å². The van der Waals surface area contributed by atoms with Gasteiger partial charge in [-0.15, -0.1) is 0 Å². The molecule has 0 aromatic carbocycles. The summed E-state index contributed by atoms with van der Waals surface area (Å²) in [6.45, 7) is 9.28. The molecule has 1 aromatic rings. The van der Waals surface area contributed by atoms with Crippen LogP contribution in [0.5, 0.6) is 0 Å². The molecular weight excluding hydrogens is 588 g/mol. The van der Waals surface area contributed by atoms with Gasteiger partial charge in [-0.1, -0.05) is 0 Å². The van der Waals surface area contributed by atoms with E-state index in [1.54, 1.807) is 0 Å². The second-order valence-corrected chi connectivity index (χ2v) is 13.9. The maximum Gasteiger partial charge on any atom is 0.353 e. The van der Waals surface area contributed by atoms with Gasteiger partial charge >= 0.3 is 13.3 Å². The first-order valence-electron chi connectivity index (χ1n) is 13.8. The van der Waals surface area contributed by atoms with Crippen molar-refractivity contribution in [2.24, 2.45) is 0 Å².